The molecule has 0 radical (unpaired) electrons. The van der Waals surface area contributed by atoms with Gasteiger partial charge >= 0.3 is 5.97 Å². The van der Waals surface area contributed by atoms with Crippen LogP contribution < -0.4 is 4.74 Å². The molecule has 0 saturated carbocycles. The van der Waals surface area contributed by atoms with Gasteiger partial charge in [-0.05, 0) is 31.0 Å². The molecule has 1 aromatic carbocycles. The molecule has 1 aromatic heterocycles. The third-order valence-corrected chi connectivity index (χ3v) is 3.74. The predicted molar refractivity (Wildman–Crippen MR) is 74.4 cm³/mol. The summed E-state index contributed by atoms with van der Waals surface area (Å²) in [6, 6.07) is 5.51. The molecule has 3 rings (SSSR count). The van der Waals surface area contributed by atoms with E-state index in [1.807, 2.05) is 16.7 Å². The summed E-state index contributed by atoms with van der Waals surface area (Å²) in [6.45, 7) is 1.49. The van der Waals surface area contributed by atoms with Gasteiger partial charge in [0.05, 0.1) is 18.8 Å². The normalized spacial score (nSPS) is 18.6. The third kappa shape index (κ3) is 2.25. The highest BCUT2D eigenvalue weighted by molar-refractivity contribution is 6.03. The molecule has 1 aliphatic heterocycles. The van der Waals surface area contributed by atoms with Gasteiger partial charge in [-0.3, -0.25) is 0 Å². The first-order valence-electron chi connectivity index (χ1n) is 6.71. The number of methoxy groups -OCH3 is 1. The first-order valence-corrected chi connectivity index (χ1v) is 6.71. The van der Waals surface area contributed by atoms with Gasteiger partial charge in [0.1, 0.15) is 5.75 Å². The van der Waals surface area contributed by atoms with Crippen LogP contribution >= 0.6 is 0 Å². The van der Waals surface area contributed by atoms with E-state index < -0.39 is 5.97 Å². The van der Waals surface area contributed by atoms with Crippen LogP contribution in [0.1, 0.15) is 23.2 Å². The number of nitrogens with zero attached hydrogens (tertiary/aromatic N) is 1. The Morgan fingerprint density at radius 3 is 3.05 bits per heavy atom. The molecule has 1 N–H and O–H groups in total. The Balaban J connectivity index is 2.05. The van der Waals surface area contributed by atoms with Crippen LogP contribution in [0.5, 0.6) is 5.75 Å². The minimum Gasteiger partial charge on any atom is -0.497 e. The molecule has 2 aromatic rings. The highest BCUT2D eigenvalue weighted by Gasteiger charge is 2.20. The average Bonchev–Trinajstić information content (AvgIpc) is 3.07. The van der Waals surface area contributed by atoms with Gasteiger partial charge in [-0.2, -0.15) is 0 Å². The van der Waals surface area contributed by atoms with Crippen molar-refractivity contribution < 1.29 is 19.4 Å². The lowest BCUT2D eigenvalue weighted by Gasteiger charge is -2.11. The van der Waals surface area contributed by atoms with E-state index in [0.29, 0.717) is 23.2 Å². The number of rotatable bonds is 4. The number of carboxylic acid groups (broad SMARTS) is 1. The second-order valence-electron chi connectivity index (χ2n) is 5.02. The predicted octanol–water partition coefficient (Wildman–Crippen LogP) is 2.53. The van der Waals surface area contributed by atoms with Gasteiger partial charge < -0.3 is 19.1 Å². The smallest absolute Gasteiger partial charge is 0.337 e. The van der Waals surface area contributed by atoms with Crippen LogP contribution in [-0.2, 0) is 11.3 Å². The largest absolute Gasteiger partial charge is 0.497 e. The number of hydrogen-bond donors (Lipinski definition) is 1. The zero-order chi connectivity index (χ0) is 14.1. The molecular weight excluding hydrogens is 258 g/mol. The lowest BCUT2D eigenvalue weighted by molar-refractivity contribution is 0.0697. The van der Waals surface area contributed by atoms with E-state index in [-0.39, 0.29) is 6.10 Å². The van der Waals surface area contributed by atoms with Gasteiger partial charge in [0.25, 0.3) is 0 Å². The van der Waals surface area contributed by atoms with Crippen molar-refractivity contribution in [2.45, 2.75) is 25.5 Å². The molecule has 0 bridgehead atoms. The molecular formula is C15H17NO4. The SMILES string of the molecule is COc1ccc2c(c1)c(C(=O)O)cn2CC1CCCO1. The number of aromatic carboxylic acids is 1. The quantitative estimate of drug-likeness (QED) is 0.931. The molecule has 0 aliphatic carbocycles. The molecule has 2 heterocycles. The van der Waals surface area contributed by atoms with Gasteiger partial charge in [0.15, 0.2) is 0 Å². The fraction of sp³-hybridized carbons (Fsp3) is 0.400. The summed E-state index contributed by atoms with van der Waals surface area (Å²) >= 11 is 0. The van der Waals surface area contributed by atoms with Crippen LogP contribution in [0.2, 0.25) is 0 Å². The Hall–Kier alpha value is -2.01. The molecule has 1 aliphatic rings. The molecule has 1 atom stereocenters. The summed E-state index contributed by atoms with van der Waals surface area (Å²) in [6.07, 6.45) is 3.96. The van der Waals surface area contributed by atoms with Crippen molar-refractivity contribution in [3.63, 3.8) is 0 Å². The highest BCUT2D eigenvalue weighted by Crippen LogP contribution is 2.27. The molecule has 1 saturated heterocycles. The summed E-state index contributed by atoms with van der Waals surface area (Å²) in [5.74, 6) is -0.260. The zero-order valence-corrected chi connectivity index (χ0v) is 11.3. The molecule has 106 valence electrons. The number of ether oxygens (including phenoxy) is 2. The van der Waals surface area contributed by atoms with Crippen molar-refractivity contribution in [2.75, 3.05) is 13.7 Å². The number of carboxylic acids is 1. The fourth-order valence-corrected chi connectivity index (χ4v) is 2.73. The first-order chi connectivity index (χ1) is 9.69. The second kappa shape index (κ2) is 5.17. The highest BCUT2D eigenvalue weighted by atomic mass is 16.5. The molecule has 20 heavy (non-hydrogen) atoms. The van der Waals surface area contributed by atoms with E-state index in [1.165, 1.54) is 0 Å². The summed E-state index contributed by atoms with van der Waals surface area (Å²) in [5.41, 5.74) is 1.20. The van der Waals surface area contributed by atoms with Crippen LogP contribution in [0.25, 0.3) is 10.9 Å². The van der Waals surface area contributed by atoms with Crippen LogP contribution in [0.15, 0.2) is 24.4 Å². The van der Waals surface area contributed by atoms with Crippen LogP contribution in [-0.4, -0.2) is 35.5 Å². The van der Waals surface area contributed by atoms with Gasteiger partial charge in [0, 0.05) is 30.3 Å². The van der Waals surface area contributed by atoms with Crippen molar-refractivity contribution in [3.05, 3.63) is 30.0 Å². The zero-order valence-electron chi connectivity index (χ0n) is 11.3. The number of aromatic nitrogens is 1. The molecule has 5 heteroatoms. The van der Waals surface area contributed by atoms with E-state index >= 15 is 0 Å². The standard InChI is InChI=1S/C15H17NO4/c1-19-10-4-5-14-12(7-10)13(15(17)18)9-16(14)8-11-3-2-6-20-11/h4-5,7,9,11H,2-3,6,8H2,1H3,(H,17,18). The average molecular weight is 275 g/mol. The van der Waals surface area contributed by atoms with Crippen molar-refractivity contribution in [3.8, 4) is 5.75 Å². The van der Waals surface area contributed by atoms with Crippen LogP contribution in [0.4, 0.5) is 0 Å². The van der Waals surface area contributed by atoms with Gasteiger partial charge in [-0.15, -0.1) is 0 Å². The maximum Gasteiger partial charge on any atom is 0.337 e. The molecule has 0 amide bonds. The van der Waals surface area contributed by atoms with E-state index in [4.69, 9.17) is 9.47 Å². The third-order valence-electron chi connectivity index (χ3n) is 3.74. The van der Waals surface area contributed by atoms with Gasteiger partial charge in [0.2, 0.25) is 0 Å². The summed E-state index contributed by atoms with van der Waals surface area (Å²) in [7, 11) is 1.57. The van der Waals surface area contributed by atoms with Crippen molar-refractivity contribution in [1.29, 1.82) is 0 Å². The minimum absolute atomic E-state index is 0.175. The van der Waals surface area contributed by atoms with Crippen molar-refractivity contribution >= 4 is 16.9 Å². The molecule has 0 spiro atoms. The lowest BCUT2D eigenvalue weighted by atomic mass is 10.1. The minimum atomic E-state index is -0.922. The monoisotopic (exact) mass is 275 g/mol. The van der Waals surface area contributed by atoms with Gasteiger partial charge in [-0.1, -0.05) is 0 Å². The summed E-state index contributed by atoms with van der Waals surface area (Å²) in [4.78, 5) is 11.4. The Morgan fingerprint density at radius 2 is 2.40 bits per heavy atom. The number of fused-ring (bicyclic) bond motifs is 1. The Kier molecular flexibility index (Phi) is 3.36. The maximum absolute atomic E-state index is 11.4. The number of hydrogen-bond acceptors (Lipinski definition) is 3. The molecule has 1 fully saturated rings. The number of benzene rings is 1. The second-order valence-corrected chi connectivity index (χ2v) is 5.02. The fourth-order valence-electron chi connectivity index (χ4n) is 2.73. The van der Waals surface area contributed by atoms with E-state index in [9.17, 15) is 9.90 Å². The van der Waals surface area contributed by atoms with Crippen molar-refractivity contribution in [2.24, 2.45) is 0 Å². The molecule has 1 unspecified atom stereocenters. The lowest BCUT2D eigenvalue weighted by Crippen LogP contribution is -2.14. The van der Waals surface area contributed by atoms with Crippen molar-refractivity contribution in [1.82, 2.24) is 4.57 Å². The van der Waals surface area contributed by atoms with E-state index in [1.54, 1.807) is 19.4 Å². The van der Waals surface area contributed by atoms with Crippen LogP contribution in [0, 0.1) is 0 Å². The topological polar surface area (TPSA) is 60.7 Å². The Morgan fingerprint density at radius 1 is 1.55 bits per heavy atom. The Bertz CT molecular complexity index is 641. The number of carbonyl (C=O) groups is 1. The van der Waals surface area contributed by atoms with E-state index in [0.717, 1.165) is 25.0 Å². The molecule has 5 nitrogen and oxygen atoms in total. The first kappa shape index (κ1) is 13.0. The van der Waals surface area contributed by atoms with Gasteiger partial charge in [-0.25, -0.2) is 4.79 Å². The maximum atomic E-state index is 11.4. The summed E-state index contributed by atoms with van der Waals surface area (Å²) < 4.78 is 12.8. The van der Waals surface area contributed by atoms with Crippen LogP contribution in [0.3, 0.4) is 0 Å². The summed E-state index contributed by atoms with van der Waals surface area (Å²) in [5, 5.41) is 10.0. The van der Waals surface area contributed by atoms with E-state index in [2.05, 4.69) is 0 Å². The Labute approximate surface area is 116 Å².